The van der Waals surface area contributed by atoms with E-state index < -0.39 is 0 Å². The lowest BCUT2D eigenvalue weighted by Crippen LogP contribution is -2.40. The van der Waals surface area contributed by atoms with E-state index in [-0.39, 0.29) is 11.0 Å². The van der Waals surface area contributed by atoms with Crippen LogP contribution in [0.5, 0.6) is 5.75 Å². The van der Waals surface area contributed by atoms with Crippen LogP contribution < -0.4 is 10.1 Å². The maximum absolute atomic E-state index is 6.14. The fourth-order valence-corrected chi connectivity index (χ4v) is 1.99. The average Bonchev–Trinajstić information content (AvgIpc) is 2.27. The Labute approximate surface area is 118 Å². The molecule has 2 heteroatoms. The van der Waals surface area contributed by atoms with E-state index in [0.717, 1.165) is 18.8 Å². The third-order valence-corrected chi connectivity index (χ3v) is 3.23. The summed E-state index contributed by atoms with van der Waals surface area (Å²) in [4.78, 5) is 0. The number of nitrogens with one attached hydrogen (secondary N) is 1. The Morgan fingerprint density at radius 2 is 1.74 bits per heavy atom. The zero-order valence-corrected chi connectivity index (χ0v) is 13.6. The van der Waals surface area contributed by atoms with Crippen molar-refractivity contribution in [3.8, 4) is 5.75 Å². The Hall–Kier alpha value is -1.02. The lowest BCUT2D eigenvalue weighted by atomic mass is 9.86. The second kappa shape index (κ2) is 5.96. The van der Waals surface area contributed by atoms with Gasteiger partial charge in [-0.3, -0.25) is 0 Å². The number of hydrogen-bond acceptors (Lipinski definition) is 2. The molecule has 108 valence electrons. The van der Waals surface area contributed by atoms with Gasteiger partial charge in [0.25, 0.3) is 0 Å². The first-order chi connectivity index (χ1) is 8.65. The molecule has 2 nitrogen and oxygen atoms in total. The van der Waals surface area contributed by atoms with Crippen LogP contribution in [0.2, 0.25) is 0 Å². The topological polar surface area (TPSA) is 21.3 Å². The zero-order chi connectivity index (χ0) is 14.7. The first kappa shape index (κ1) is 16.0. The van der Waals surface area contributed by atoms with Crippen LogP contribution in [0.15, 0.2) is 18.2 Å². The third kappa shape index (κ3) is 4.87. The summed E-state index contributed by atoms with van der Waals surface area (Å²) < 4.78 is 6.14. The van der Waals surface area contributed by atoms with Gasteiger partial charge in [0.2, 0.25) is 0 Å². The molecule has 0 amide bonds. The fourth-order valence-electron chi connectivity index (χ4n) is 1.99. The van der Waals surface area contributed by atoms with Crippen LogP contribution in [0.25, 0.3) is 0 Å². The molecule has 0 spiro atoms. The summed E-state index contributed by atoms with van der Waals surface area (Å²) in [7, 11) is 0. The van der Waals surface area contributed by atoms with Gasteiger partial charge in [-0.1, -0.05) is 39.8 Å². The maximum atomic E-state index is 6.14. The summed E-state index contributed by atoms with van der Waals surface area (Å²) in [5.74, 6) is 0.982. The number of benzene rings is 1. The van der Waals surface area contributed by atoms with Gasteiger partial charge in [0.1, 0.15) is 11.4 Å². The van der Waals surface area contributed by atoms with Crippen LogP contribution >= 0.6 is 0 Å². The summed E-state index contributed by atoms with van der Waals surface area (Å²) in [6.07, 6.45) is 0. The average molecular weight is 263 g/mol. The lowest BCUT2D eigenvalue weighted by Gasteiger charge is -2.28. The number of likely N-dealkylation sites (N-methyl/N-ethyl adjacent to an activating group) is 1. The molecule has 0 radical (unpaired) electrons. The third-order valence-electron chi connectivity index (χ3n) is 3.23. The highest BCUT2D eigenvalue weighted by atomic mass is 16.5. The van der Waals surface area contributed by atoms with Gasteiger partial charge < -0.3 is 10.1 Å². The van der Waals surface area contributed by atoms with Gasteiger partial charge >= 0.3 is 0 Å². The Morgan fingerprint density at radius 3 is 2.21 bits per heavy atom. The van der Waals surface area contributed by atoms with Crippen molar-refractivity contribution >= 4 is 0 Å². The van der Waals surface area contributed by atoms with E-state index >= 15 is 0 Å². The van der Waals surface area contributed by atoms with Gasteiger partial charge in [-0.25, -0.2) is 0 Å². The van der Waals surface area contributed by atoms with E-state index in [0.29, 0.717) is 0 Å². The van der Waals surface area contributed by atoms with Crippen molar-refractivity contribution in [2.24, 2.45) is 0 Å². The smallest absolute Gasteiger partial charge is 0.123 e. The molecule has 0 atom stereocenters. The van der Waals surface area contributed by atoms with E-state index in [1.54, 1.807) is 0 Å². The van der Waals surface area contributed by atoms with Crippen molar-refractivity contribution in [2.45, 2.75) is 59.5 Å². The van der Waals surface area contributed by atoms with Crippen LogP contribution in [0.3, 0.4) is 0 Å². The van der Waals surface area contributed by atoms with Gasteiger partial charge in [0.15, 0.2) is 0 Å². The van der Waals surface area contributed by atoms with Crippen molar-refractivity contribution in [1.29, 1.82) is 0 Å². The maximum Gasteiger partial charge on any atom is 0.123 e. The predicted octanol–water partition coefficient (Wildman–Crippen LogP) is 4.06. The van der Waals surface area contributed by atoms with Crippen LogP contribution in [-0.2, 0) is 5.41 Å². The summed E-state index contributed by atoms with van der Waals surface area (Å²) in [5.41, 5.74) is 2.55. The quantitative estimate of drug-likeness (QED) is 0.865. The minimum absolute atomic E-state index is 0.183. The van der Waals surface area contributed by atoms with Gasteiger partial charge in [0, 0.05) is 6.54 Å². The molecule has 19 heavy (non-hydrogen) atoms. The van der Waals surface area contributed by atoms with Gasteiger partial charge in [-0.2, -0.15) is 0 Å². The molecule has 0 bridgehead atoms. The Balaban J connectivity index is 2.86. The van der Waals surface area contributed by atoms with E-state index in [4.69, 9.17) is 4.74 Å². The first-order valence-corrected chi connectivity index (χ1v) is 7.16. The number of ether oxygens (including phenoxy) is 1. The summed E-state index contributed by atoms with van der Waals surface area (Å²) >= 11 is 0. The van der Waals surface area contributed by atoms with Crippen LogP contribution in [0.1, 0.15) is 52.7 Å². The molecule has 0 aliphatic heterocycles. The normalized spacial score (nSPS) is 12.6. The van der Waals surface area contributed by atoms with E-state index in [1.165, 1.54) is 11.1 Å². The van der Waals surface area contributed by atoms with Crippen molar-refractivity contribution < 1.29 is 4.74 Å². The predicted molar refractivity (Wildman–Crippen MR) is 83.1 cm³/mol. The molecule has 0 aromatic heterocycles. The molecule has 0 aliphatic carbocycles. The standard InChI is InChI=1S/C17H29NO/c1-8-18-12-17(6,7)19-15-10-9-14(11-13(15)2)16(3,4)5/h9-11,18H,8,12H2,1-7H3. The number of hydrogen-bond donors (Lipinski definition) is 1. The lowest BCUT2D eigenvalue weighted by molar-refractivity contribution is 0.108. The van der Waals surface area contributed by atoms with E-state index in [2.05, 4.69) is 72.0 Å². The second-order valence-corrected chi connectivity index (χ2v) is 6.87. The summed E-state index contributed by atoms with van der Waals surface area (Å²) in [6.45, 7) is 17.0. The highest BCUT2D eigenvalue weighted by molar-refractivity contribution is 5.39. The zero-order valence-electron chi connectivity index (χ0n) is 13.6. The van der Waals surface area contributed by atoms with E-state index in [1.807, 2.05) is 0 Å². The Kier molecular flexibility index (Phi) is 5.03. The number of rotatable bonds is 5. The summed E-state index contributed by atoms with van der Waals surface area (Å²) in [5, 5.41) is 3.34. The Bertz CT molecular complexity index is 416. The molecule has 0 fully saturated rings. The largest absolute Gasteiger partial charge is 0.486 e. The highest BCUT2D eigenvalue weighted by Gasteiger charge is 2.21. The molecule has 1 N–H and O–H groups in total. The SMILES string of the molecule is CCNCC(C)(C)Oc1ccc(C(C)(C)C)cc1C. The van der Waals surface area contributed by atoms with Crippen molar-refractivity contribution in [3.05, 3.63) is 29.3 Å². The molecule has 0 aliphatic rings. The van der Waals surface area contributed by atoms with Crippen molar-refractivity contribution in [1.82, 2.24) is 5.32 Å². The second-order valence-electron chi connectivity index (χ2n) is 6.87. The molecule has 1 aromatic carbocycles. The minimum atomic E-state index is -0.190. The van der Waals surface area contributed by atoms with Crippen LogP contribution in [0.4, 0.5) is 0 Å². The Morgan fingerprint density at radius 1 is 1.11 bits per heavy atom. The molecule has 1 rings (SSSR count). The monoisotopic (exact) mass is 263 g/mol. The molecule has 0 unspecified atom stereocenters. The van der Waals surface area contributed by atoms with Crippen molar-refractivity contribution in [3.63, 3.8) is 0 Å². The van der Waals surface area contributed by atoms with Crippen molar-refractivity contribution in [2.75, 3.05) is 13.1 Å². The molecular formula is C17H29NO. The van der Waals surface area contributed by atoms with Crippen LogP contribution in [0, 0.1) is 6.92 Å². The molecule has 1 aromatic rings. The molecule has 0 saturated carbocycles. The van der Waals surface area contributed by atoms with Gasteiger partial charge in [-0.05, 0) is 49.9 Å². The number of aryl methyl sites for hydroxylation is 1. The van der Waals surface area contributed by atoms with E-state index in [9.17, 15) is 0 Å². The molecule has 0 heterocycles. The molecular weight excluding hydrogens is 234 g/mol. The first-order valence-electron chi connectivity index (χ1n) is 7.16. The summed E-state index contributed by atoms with van der Waals surface area (Å²) in [6, 6.07) is 6.51. The molecule has 0 saturated heterocycles. The highest BCUT2D eigenvalue weighted by Crippen LogP contribution is 2.29. The van der Waals surface area contributed by atoms with Crippen LogP contribution in [-0.4, -0.2) is 18.7 Å². The minimum Gasteiger partial charge on any atom is -0.486 e. The van der Waals surface area contributed by atoms with Gasteiger partial charge in [0.05, 0.1) is 0 Å². The van der Waals surface area contributed by atoms with Gasteiger partial charge in [-0.15, -0.1) is 0 Å². The fraction of sp³-hybridized carbons (Fsp3) is 0.647.